The molecule has 1 aliphatic carbocycles. The zero-order valence-corrected chi connectivity index (χ0v) is 12.9. The first-order valence-electron chi connectivity index (χ1n) is 7.82. The van der Waals surface area contributed by atoms with E-state index in [0.29, 0.717) is 12.5 Å². The second kappa shape index (κ2) is 6.83. The Bertz CT molecular complexity index is 473. The lowest BCUT2D eigenvalue weighted by Gasteiger charge is -2.30. The molecule has 1 amide bonds. The van der Waals surface area contributed by atoms with Crippen LogP contribution >= 0.6 is 0 Å². The molecule has 1 aromatic carbocycles. The molecule has 0 radical (unpaired) electrons. The van der Waals surface area contributed by atoms with Gasteiger partial charge in [-0.05, 0) is 37.3 Å². The first-order chi connectivity index (χ1) is 10.0. The van der Waals surface area contributed by atoms with Crippen LogP contribution in [0, 0.1) is 5.92 Å². The number of amides is 1. The number of nitrogens with zero attached hydrogens (tertiary/aromatic N) is 1. The van der Waals surface area contributed by atoms with Gasteiger partial charge in [0.25, 0.3) is 5.91 Å². The summed E-state index contributed by atoms with van der Waals surface area (Å²) in [5.74, 6) is -0.0297. The lowest BCUT2D eigenvalue weighted by Crippen LogP contribution is -2.40. The molecule has 1 saturated carbocycles. The van der Waals surface area contributed by atoms with Crippen LogP contribution in [-0.2, 0) is 0 Å². The minimum atomic E-state index is -0.252. The normalized spacial score (nSPS) is 15.6. The average molecular weight is 291 g/mol. The van der Waals surface area contributed by atoms with E-state index in [-0.39, 0.29) is 29.0 Å². The standard InChI is InChI=1S/C17H25NO3/c1-12(2)10-11-18(13-6-3-4-7-13)17(21)16-14(19)8-5-9-15(16)20/h5,8-9,12-13,19-20H,3-4,6-7,10-11H2,1-2H3. The fourth-order valence-corrected chi connectivity index (χ4v) is 2.95. The zero-order valence-electron chi connectivity index (χ0n) is 12.9. The van der Waals surface area contributed by atoms with Crippen LogP contribution in [0.25, 0.3) is 0 Å². The van der Waals surface area contributed by atoms with Gasteiger partial charge in [0.05, 0.1) is 0 Å². The maximum atomic E-state index is 12.8. The fraction of sp³-hybridized carbons (Fsp3) is 0.588. The lowest BCUT2D eigenvalue weighted by atomic mass is 10.1. The number of phenols is 2. The van der Waals surface area contributed by atoms with Crippen molar-refractivity contribution in [3.05, 3.63) is 23.8 Å². The molecule has 1 fully saturated rings. The van der Waals surface area contributed by atoms with Crippen LogP contribution in [0.2, 0.25) is 0 Å². The van der Waals surface area contributed by atoms with Gasteiger partial charge in [-0.25, -0.2) is 0 Å². The highest BCUT2D eigenvalue weighted by Crippen LogP contribution is 2.31. The molecule has 0 heterocycles. The van der Waals surface area contributed by atoms with Gasteiger partial charge in [-0.3, -0.25) is 4.79 Å². The Balaban J connectivity index is 2.24. The highest BCUT2D eigenvalue weighted by atomic mass is 16.3. The third kappa shape index (κ3) is 3.69. The number of benzene rings is 1. The molecule has 4 heteroatoms. The SMILES string of the molecule is CC(C)CCN(C(=O)c1c(O)cccc1O)C1CCCC1. The quantitative estimate of drug-likeness (QED) is 0.872. The summed E-state index contributed by atoms with van der Waals surface area (Å²) >= 11 is 0. The van der Waals surface area contributed by atoms with E-state index in [4.69, 9.17) is 0 Å². The summed E-state index contributed by atoms with van der Waals surface area (Å²) in [7, 11) is 0. The molecule has 116 valence electrons. The van der Waals surface area contributed by atoms with Gasteiger partial charge in [-0.1, -0.05) is 32.8 Å². The molecule has 0 bridgehead atoms. The van der Waals surface area contributed by atoms with Crippen LogP contribution in [0.1, 0.15) is 56.3 Å². The Kier molecular flexibility index (Phi) is 5.10. The third-order valence-corrected chi connectivity index (χ3v) is 4.21. The Morgan fingerprint density at radius 3 is 2.33 bits per heavy atom. The van der Waals surface area contributed by atoms with Gasteiger partial charge >= 0.3 is 0 Å². The highest BCUT2D eigenvalue weighted by Gasteiger charge is 2.30. The lowest BCUT2D eigenvalue weighted by molar-refractivity contribution is 0.0665. The summed E-state index contributed by atoms with van der Waals surface area (Å²) in [4.78, 5) is 14.6. The molecular weight excluding hydrogens is 266 g/mol. The minimum Gasteiger partial charge on any atom is -0.507 e. The van der Waals surface area contributed by atoms with Crippen LogP contribution in [0.3, 0.4) is 0 Å². The molecule has 4 nitrogen and oxygen atoms in total. The van der Waals surface area contributed by atoms with Gasteiger partial charge in [0, 0.05) is 12.6 Å². The largest absolute Gasteiger partial charge is 0.507 e. The molecule has 0 unspecified atom stereocenters. The highest BCUT2D eigenvalue weighted by molar-refractivity contribution is 5.99. The zero-order chi connectivity index (χ0) is 15.4. The monoisotopic (exact) mass is 291 g/mol. The molecule has 0 saturated heterocycles. The maximum Gasteiger partial charge on any atom is 0.261 e. The molecule has 0 aromatic heterocycles. The van der Waals surface area contributed by atoms with Crippen molar-refractivity contribution in [2.24, 2.45) is 5.92 Å². The fourth-order valence-electron chi connectivity index (χ4n) is 2.95. The molecule has 0 atom stereocenters. The summed E-state index contributed by atoms with van der Waals surface area (Å²) in [5.41, 5.74) is 0.0353. The van der Waals surface area contributed by atoms with E-state index in [9.17, 15) is 15.0 Å². The van der Waals surface area contributed by atoms with Crippen molar-refractivity contribution >= 4 is 5.91 Å². The van der Waals surface area contributed by atoms with E-state index in [2.05, 4.69) is 13.8 Å². The summed E-state index contributed by atoms with van der Waals surface area (Å²) in [6, 6.07) is 4.66. The Morgan fingerprint density at radius 1 is 1.24 bits per heavy atom. The van der Waals surface area contributed by atoms with Crippen molar-refractivity contribution in [1.82, 2.24) is 4.90 Å². The van der Waals surface area contributed by atoms with E-state index in [1.54, 1.807) is 0 Å². The van der Waals surface area contributed by atoms with E-state index in [1.165, 1.54) is 18.2 Å². The van der Waals surface area contributed by atoms with Gasteiger partial charge < -0.3 is 15.1 Å². The van der Waals surface area contributed by atoms with Gasteiger partial charge in [0.1, 0.15) is 17.1 Å². The molecule has 2 N–H and O–H groups in total. The Labute approximate surface area is 126 Å². The van der Waals surface area contributed by atoms with Gasteiger partial charge in [-0.15, -0.1) is 0 Å². The van der Waals surface area contributed by atoms with Crippen molar-refractivity contribution in [2.75, 3.05) is 6.54 Å². The Hall–Kier alpha value is -1.71. The predicted octanol–water partition coefficient (Wildman–Crippen LogP) is 3.53. The molecular formula is C17H25NO3. The van der Waals surface area contributed by atoms with Crippen molar-refractivity contribution in [3.63, 3.8) is 0 Å². The summed E-state index contributed by atoms with van der Waals surface area (Å²) in [6.07, 6.45) is 5.23. The summed E-state index contributed by atoms with van der Waals surface area (Å²) in [5, 5.41) is 19.8. The molecule has 2 rings (SSSR count). The molecule has 0 spiro atoms. The predicted molar refractivity (Wildman–Crippen MR) is 82.5 cm³/mol. The van der Waals surface area contributed by atoms with Crippen molar-refractivity contribution in [3.8, 4) is 11.5 Å². The molecule has 0 aliphatic heterocycles. The van der Waals surface area contributed by atoms with Gasteiger partial charge in [-0.2, -0.15) is 0 Å². The van der Waals surface area contributed by atoms with Crippen molar-refractivity contribution < 1.29 is 15.0 Å². The van der Waals surface area contributed by atoms with Crippen molar-refractivity contribution in [2.45, 2.75) is 52.0 Å². The van der Waals surface area contributed by atoms with Gasteiger partial charge in [0.15, 0.2) is 0 Å². The second-order valence-electron chi connectivity index (χ2n) is 6.29. The number of aromatic hydroxyl groups is 2. The number of hydrogen-bond donors (Lipinski definition) is 2. The second-order valence-corrected chi connectivity index (χ2v) is 6.29. The molecule has 21 heavy (non-hydrogen) atoms. The third-order valence-electron chi connectivity index (χ3n) is 4.21. The first-order valence-corrected chi connectivity index (χ1v) is 7.82. The number of rotatable bonds is 5. The van der Waals surface area contributed by atoms with Crippen LogP contribution in [-0.4, -0.2) is 33.6 Å². The molecule has 1 aliphatic rings. The number of phenolic OH excluding ortho intramolecular Hbond substituents is 2. The van der Waals surface area contributed by atoms with E-state index >= 15 is 0 Å². The smallest absolute Gasteiger partial charge is 0.261 e. The first kappa shape index (κ1) is 15.7. The number of carbonyl (C=O) groups excluding carboxylic acids is 1. The number of carbonyl (C=O) groups is 1. The van der Waals surface area contributed by atoms with E-state index < -0.39 is 0 Å². The topological polar surface area (TPSA) is 60.8 Å². The van der Waals surface area contributed by atoms with Crippen LogP contribution in [0.15, 0.2) is 18.2 Å². The Morgan fingerprint density at radius 2 is 1.81 bits per heavy atom. The summed E-state index contributed by atoms with van der Waals surface area (Å²) < 4.78 is 0. The maximum absolute atomic E-state index is 12.8. The minimum absolute atomic E-state index is 0.0353. The van der Waals surface area contributed by atoms with Crippen LogP contribution < -0.4 is 0 Å². The van der Waals surface area contributed by atoms with Crippen LogP contribution in [0.5, 0.6) is 11.5 Å². The van der Waals surface area contributed by atoms with E-state index in [1.807, 2.05) is 4.90 Å². The average Bonchev–Trinajstić information content (AvgIpc) is 2.92. The van der Waals surface area contributed by atoms with Gasteiger partial charge in [0.2, 0.25) is 0 Å². The number of hydrogen-bond acceptors (Lipinski definition) is 3. The molecule has 1 aromatic rings. The van der Waals surface area contributed by atoms with Crippen molar-refractivity contribution in [1.29, 1.82) is 0 Å². The summed E-state index contributed by atoms with van der Waals surface area (Å²) in [6.45, 7) is 4.94. The van der Waals surface area contributed by atoms with Crippen LogP contribution in [0.4, 0.5) is 0 Å². The van der Waals surface area contributed by atoms with E-state index in [0.717, 1.165) is 32.1 Å².